The van der Waals surface area contributed by atoms with Crippen molar-refractivity contribution in [3.63, 3.8) is 0 Å². The monoisotopic (exact) mass is 247 g/mol. The molecule has 1 aromatic carbocycles. The number of likely N-dealkylation sites (tertiary alicyclic amines) is 1. The summed E-state index contributed by atoms with van der Waals surface area (Å²) in [5.74, 6) is -0.426. The largest absolute Gasteiger partial charge is 0.336 e. The van der Waals surface area contributed by atoms with Gasteiger partial charge in [0.05, 0.1) is 0 Å². The van der Waals surface area contributed by atoms with E-state index in [1.165, 1.54) is 6.07 Å². The van der Waals surface area contributed by atoms with Crippen LogP contribution in [-0.2, 0) is 0 Å². The number of benzene rings is 1. The molecule has 2 rings (SSSR count). The van der Waals surface area contributed by atoms with Crippen molar-refractivity contribution >= 4 is 12.0 Å². The van der Waals surface area contributed by atoms with Gasteiger partial charge in [0.1, 0.15) is 5.82 Å². The Morgan fingerprint density at radius 1 is 1.56 bits per heavy atom. The molecular weight excluding hydrogens is 229 g/mol. The van der Waals surface area contributed by atoms with Crippen molar-refractivity contribution in [2.75, 3.05) is 6.54 Å². The second-order valence-electron chi connectivity index (χ2n) is 4.88. The van der Waals surface area contributed by atoms with Gasteiger partial charge in [0.15, 0.2) is 0 Å². The van der Waals surface area contributed by atoms with E-state index in [0.29, 0.717) is 16.7 Å². The van der Waals surface area contributed by atoms with Crippen LogP contribution in [0.1, 0.15) is 41.3 Å². The van der Waals surface area contributed by atoms with Gasteiger partial charge in [-0.05, 0) is 49.9 Å². The summed E-state index contributed by atoms with van der Waals surface area (Å²) in [6.07, 6.45) is 3.65. The van der Waals surface area contributed by atoms with Crippen molar-refractivity contribution in [2.45, 2.75) is 32.7 Å². The van der Waals surface area contributed by atoms with E-state index in [2.05, 4.69) is 6.58 Å². The van der Waals surface area contributed by atoms with Crippen LogP contribution in [0.15, 0.2) is 18.7 Å². The average Bonchev–Trinajstić information content (AvgIpc) is 2.77. The zero-order chi connectivity index (χ0) is 13.3. The molecule has 3 heteroatoms. The zero-order valence-corrected chi connectivity index (χ0v) is 10.9. The lowest BCUT2D eigenvalue weighted by Crippen LogP contribution is -2.34. The molecule has 1 aliphatic heterocycles. The van der Waals surface area contributed by atoms with Gasteiger partial charge in [-0.1, -0.05) is 12.7 Å². The van der Waals surface area contributed by atoms with Crippen LogP contribution < -0.4 is 0 Å². The third-order valence-corrected chi connectivity index (χ3v) is 3.59. The molecule has 0 spiro atoms. The predicted molar refractivity (Wildman–Crippen MR) is 71.0 cm³/mol. The maximum Gasteiger partial charge on any atom is 0.254 e. The Labute approximate surface area is 107 Å². The second kappa shape index (κ2) is 4.92. The first-order valence-corrected chi connectivity index (χ1v) is 6.28. The Kier molecular flexibility index (Phi) is 3.50. The maximum absolute atomic E-state index is 13.6. The number of amides is 1. The topological polar surface area (TPSA) is 20.3 Å². The minimum atomic E-state index is -0.337. The van der Waals surface area contributed by atoms with E-state index in [9.17, 15) is 9.18 Å². The van der Waals surface area contributed by atoms with Gasteiger partial charge in [0.2, 0.25) is 0 Å². The number of rotatable bonds is 2. The lowest BCUT2D eigenvalue weighted by Gasteiger charge is -2.22. The number of hydrogen-bond donors (Lipinski definition) is 0. The number of carbonyl (C=O) groups excluding carboxylic acids is 1. The fraction of sp³-hybridized carbons (Fsp3) is 0.400. The molecule has 18 heavy (non-hydrogen) atoms. The number of hydrogen-bond acceptors (Lipinski definition) is 1. The molecule has 0 N–H and O–H groups in total. The molecule has 1 amide bonds. The third kappa shape index (κ3) is 2.17. The molecule has 0 saturated carbocycles. The number of halogens is 1. The van der Waals surface area contributed by atoms with Gasteiger partial charge in [-0.2, -0.15) is 0 Å². The van der Waals surface area contributed by atoms with Gasteiger partial charge in [0, 0.05) is 18.2 Å². The molecule has 0 radical (unpaired) electrons. The van der Waals surface area contributed by atoms with Crippen molar-refractivity contribution in [1.82, 2.24) is 4.90 Å². The average molecular weight is 247 g/mol. The van der Waals surface area contributed by atoms with E-state index >= 15 is 0 Å². The van der Waals surface area contributed by atoms with Crippen molar-refractivity contribution in [2.24, 2.45) is 0 Å². The van der Waals surface area contributed by atoms with Crippen LogP contribution in [0.3, 0.4) is 0 Å². The summed E-state index contributed by atoms with van der Waals surface area (Å²) in [6.45, 7) is 8.17. The Morgan fingerprint density at radius 3 is 2.83 bits per heavy atom. The highest BCUT2D eigenvalue weighted by Gasteiger charge is 2.27. The van der Waals surface area contributed by atoms with Gasteiger partial charge in [-0.15, -0.1) is 0 Å². The molecule has 1 fully saturated rings. The van der Waals surface area contributed by atoms with Crippen LogP contribution in [0.25, 0.3) is 6.08 Å². The molecular formula is C15H18FNO. The van der Waals surface area contributed by atoms with Crippen molar-refractivity contribution in [1.29, 1.82) is 0 Å². The van der Waals surface area contributed by atoms with E-state index in [1.54, 1.807) is 19.1 Å². The maximum atomic E-state index is 13.6. The number of aryl methyl sites for hydroxylation is 1. The first-order valence-electron chi connectivity index (χ1n) is 6.28. The Balaban J connectivity index is 2.40. The fourth-order valence-corrected chi connectivity index (χ4v) is 2.45. The number of nitrogens with zero attached hydrogens (tertiary/aromatic N) is 1. The SMILES string of the molecule is C=Cc1cc(C)c(F)cc1C(=O)N1CCCC1C. The van der Waals surface area contributed by atoms with Gasteiger partial charge in [-0.3, -0.25) is 4.79 Å². The molecule has 96 valence electrons. The highest BCUT2D eigenvalue weighted by Crippen LogP contribution is 2.23. The normalized spacial score (nSPS) is 19.1. The summed E-state index contributed by atoms with van der Waals surface area (Å²) in [7, 11) is 0. The minimum absolute atomic E-state index is 0.0891. The van der Waals surface area contributed by atoms with Crippen LogP contribution in [0.4, 0.5) is 4.39 Å². The van der Waals surface area contributed by atoms with Crippen LogP contribution in [0, 0.1) is 12.7 Å². The van der Waals surface area contributed by atoms with Gasteiger partial charge in [0.25, 0.3) is 5.91 Å². The smallest absolute Gasteiger partial charge is 0.254 e. The first-order chi connectivity index (χ1) is 8.54. The van der Waals surface area contributed by atoms with Crippen LogP contribution in [0.5, 0.6) is 0 Å². The van der Waals surface area contributed by atoms with Gasteiger partial charge in [-0.25, -0.2) is 4.39 Å². The minimum Gasteiger partial charge on any atom is -0.336 e. The second-order valence-corrected chi connectivity index (χ2v) is 4.88. The fourth-order valence-electron chi connectivity index (χ4n) is 2.45. The highest BCUT2D eigenvalue weighted by atomic mass is 19.1. The lowest BCUT2D eigenvalue weighted by atomic mass is 10.0. The van der Waals surface area contributed by atoms with E-state index in [4.69, 9.17) is 0 Å². The van der Waals surface area contributed by atoms with Crippen molar-refractivity contribution in [3.8, 4) is 0 Å². The summed E-state index contributed by atoms with van der Waals surface area (Å²) >= 11 is 0. The Bertz CT molecular complexity index is 496. The van der Waals surface area contributed by atoms with E-state index in [-0.39, 0.29) is 17.8 Å². The van der Waals surface area contributed by atoms with Gasteiger partial charge < -0.3 is 4.90 Å². The van der Waals surface area contributed by atoms with Crippen LogP contribution in [-0.4, -0.2) is 23.4 Å². The lowest BCUT2D eigenvalue weighted by molar-refractivity contribution is 0.0746. The molecule has 2 nitrogen and oxygen atoms in total. The summed E-state index contributed by atoms with van der Waals surface area (Å²) in [6, 6.07) is 3.25. The number of carbonyl (C=O) groups is 1. The molecule has 1 aliphatic rings. The van der Waals surface area contributed by atoms with Crippen LogP contribution >= 0.6 is 0 Å². The molecule has 0 bridgehead atoms. The molecule has 1 unspecified atom stereocenters. The Morgan fingerprint density at radius 2 is 2.28 bits per heavy atom. The van der Waals surface area contributed by atoms with E-state index < -0.39 is 0 Å². The summed E-state index contributed by atoms with van der Waals surface area (Å²) in [5.41, 5.74) is 1.66. The molecule has 1 aromatic rings. The zero-order valence-electron chi connectivity index (χ0n) is 10.9. The highest BCUT2D eigenvalue weighted by molar-refractivity contribution is 5.98. The summed E-state index contributed by atoms with van der Waals surface area (Å²) < 4.78 is 13.6. The molecule has 1 heterocycles. The van der Waals surface area contributed by atoms with Crippen molar-refractivity contribution < 1.29 is 9.18 Å². The van der Waals surface area contributed by atoms with Crippen molar-refractivity contribution in [3.05, 3.63) is 41.2 Å². The first kappa shape index (κ1) is 12.8. The summed E-state index contributed by atoms with van der Waals surface area (Å²) in [4.78, 5) is 14.2. The quantitative estimate of drug-likeness (QED) is 0.784. The molecule has 1 atom stereocenters. The third-order valence-electron chi connectivity index (χ3n) is 3.59. The predicted octanol–water partition coefficient (Wildman–Crippen LogP) is 3.40. The van der Waals surface area contributed by atoms with Crippen LogP contribution in [0.2, 0.25) is 0 Å². The van der Waals surface area contributed by atoms with Gasteiger partial charge >= 0.3 is 0 Å². The summed E-state index contributed by atoms with van der Waals surface area (Å²) in [5, 5.41) is 0. The molecule has 1 saturated heterocycles. The van der Waals surface area contributed by atoms with E-state index in [1.807, 2.05) is 11.8 Å². The standard InChI is InChI=1S/C15H18FNO/c1-4-12-8-10(2)14(16)9-13(12)15(18)17-7-5-6-11(17)3/h4,8-9,11H,1,5-7H2,2-3H3. The van der Waals surface area contributed by atoms with E-state index in [0.717, 1.165) is 19.4 Å². The molecule has 0 aromatic heterocycles. The Hall–Kier alpha value is -1.64. The molecule has 0 aliphatic carbocycles.